The van der Waals surface area contributed by atoms with Crippen molar-refractivity contribution < 1.29 is 23.9 Å². The smallest absolute Gasteiger partial charge is 0.309 e. The first-order valence-corrected chi connectivity index (χ1v) is 8.78. The van der Waals surface area contributed by atoms with E-state index < -0.39 is 5.97 Å². The molecular formula is C22H24O5. The van der Waals surface area contributed by atoms with Crippen LogP contribution in [0.5, 0.6) is 5.75 Å². The third-order valence-corrected chi connectivity index (χ3v) is 4.34. The van der Waals surface area contributed by atoms with E-state index in [0.29, 0.717) is 16.9 Å². The SMILES string of the molecule is CC(=O)c1ccc(OCCC(=O)OCC(=O)c2cc(C)c(C)cc2C)cc1. The molecule has 0 spiro atoms. The summed E-state index contributed by atoms with van der Waals surface area (Å²) in [6, 6.07) is 10.5. The van der Waals surface area contributed by atoms with Crippen molar-refractivity contribution in [1.29, 1.82) is 0 Å². The minimum absolute atomic E-state index is 0.0196. The van der Waals surface area contributed by atoms with Crippen LogP contribution in [-0.2, 0) is 9.53 Å². The molecule has 0 aliphatic heterocycles. The highest BCUT2D eigenvalue weighted by molar-refractivity contribution is 5.99. The van der Waals surface area contributed by atoms with Crippen LogP contribution in [0.4, 0.5) is 0 Å². The maximum absolute atomic E-state index is 12.3. The maximum Gasteiger partial charge on any atom is 0.309 e. The number of rotatable bonds is 8. The molecule has 0 fully saturated rings. The van der Waals surface area contributed by atoms with E-state index in [9.17, 15) is 14.4 Å². The Morgan fingerprint density at radius 2 is 1.52 bits per heavy atom. The molecule has 27 heavy (non-hydrogen) atoms. The van der Waals surface area contributed by atoms with Crippen LogP contribution < -0.4 is 4.74 Å². The van der Waals surface area contributed by atoms with Gasteiger partial charge in [-0.1, -0.05) is 6.07 Å². The molecule has 2 aromatic carbocycles. The number of Topliss-reactive ketones (excluding diaryl/α,β-unsaturated/α-hetero) is 2. The standard InChI is InChI=1S/C22H24O5/c1-14-11-16(3)20(12-15(14)2)21(24)13-27-22(25)9-10-26-19-7-5-18(6-8-19)17(4)23/h5-8,11-12H,9-10,13H2,1-4H3. The second kappa shape index (κ2) is 9.12. The number of carbonyl (C=O) groups excluding carboxylic acids is 3. The molecule has 0 unspecified atom stereocenters. The predicted molar refractivity (Wildman–Crippen MR) is 103 cm³/mol. The number of ether oxygens (including phenoxy) is 2. The number of ketones is 2. The van der Waals surface area contributed by atoms with Crippen molar-refractivity contribution in [2.24, 2.45) is 0 Å². The van der Waals surface area contributed by atoms with Crippen molar-refractivity contribution >= 4 is 17.5 Å². The molecule has 0 saturated carbocycles. The van der Waals surface area contributed by atoms with Crippen molar-refractivity contribution in [3.63, 3.8) is 0 Å². The minimum atomic E-state index is -0.495. The number of esters is 1. The quantitative estimate of drug-likeness (QED) is 0.520. The van der Waals surface area contributed by atoms with Gasteiger partial charge in [-0.25, -0.2) is 0 Å². The van der Waals surface area contributed by atoms with Crippen LogP contribution in [0.15, 0.2) is 36.4 Å². The summed E-state index contributed by atoms with van der Waals surface area (Å²) in [6.07, 6.45) is 0.0354. The van der Waals surface area contributed by atoms with Gasteiger partial charge in [-0.15, -0.1) is 0 Å². The van der Waals surface area contributed by atoms with Crippen LogP contribution in [0.25, 0.3) is 0 Å². The monoisotopic (exact) mass is 368 g/mol. The molecule has 0 aliphatic carbocycles. The first-order valence-electron chi connectivity index (χ1n) is 8.78. The average Bonchev–Trinajstić information content (AvgIpc) is 2.63. The lowest BCUT2D eigenvalue weighted by atomic mass is 9.98. The second-order valence-electron chi connectivity index (χ2n) is 6.51. The van der Waals surface area contributed by atoms with Gasteiger partial charge < -0.3 is 9.47 Å². The van der Waals surface area contributed by atoms with E-state index in [2.05, 4.69) is 0 Å². The summed E-state index contributed by atoms with van der Waals surface area (Å²) in [5.41, 5.74) is 4.19. The van der Waals surface area contributed by atoms with Gasteiger partial charge >= 0.3 is 5.97 Å². The van der Waals surface area contributed by atoms with Crippen molar-refractivity contribution in [3.05, 3.63) is 64.2 Å². The Hall–Kier alpha value is -2.95. The molecule has 2 aromatic rings. The normalized spacial score (nSPS) is 10.4. The summed E-state index contributed by atoms with van der Waals surface area (Å²) >= 11 is 0. The van der Waals surface area contributed by atoms with E-state index in [1.807, 2.05) is 32.9 Å². The molecule has 0 aromatic heterocycles. The highest BCUT2D eigenvalue weighted by Gasteiger charge is 2.13. The molecule has 2 rings (SSSR count). The molecule has 0 N–H and O–H groups in total. The fraction of sp³-hybridized carbons (Fsp3) is 0.318. The minimum Gasteiger partial charge on any atom is -0.493 e. The summed E-state index contributed by atoms with van der Waals surface area (Å²) in [4.78, 5) is 35.3. The highest BCUT2D eigenvalue weighted by Crippen LogP contribution is 2.16. The number of carbonyl (C=O) groups is 3. The summed E-state index contributed by atoms with van der Waals surface area (Å²) in [7, 11) is 0. The van der Waals surface area contributed by atoms with Crippen LogP contribution >= 0.6 is 0 Å². The molecule has 0 bridgehead atoms. The van der Waals surface area contributed by atoms with Gasteiger partial charge in [-0.2, -0.15) is 0 Å². The number of benzene rings is 2. The van der Waals surface area contributed by atoms with Gasteiger partial charge in [0, 0.05) is 11.1 Å². The molecule has 0 heterocycles. The summed E-state index contributed by atoms with van der Waals surface area (Å²) < 4.78 is 10.5. The average molecular weight is 368 g/mol. The van der Waals surface area contributed by atoms with Crippen molar-refractivity contribution in [1.82, 2.24) is 0 Å². The molecule has 5 nitrogen and oxygen atoms in total. The zero-order valence-electron chi connectivity index (χ0n) is 16.1. The maximum atomic E-state index is 12.3. The van der Waals surface area contributed by atoms with Crippen molar-refractivity contribution in [2.75, 3.05) is 13.2 Å². The Morgan fingerprint density at radius 1 is 0.889 bits per heavy atom. The van der Waals surface area contributed by atoms with Crippen LogP contribution in [0.2, 0.25) is 0 Å². The van der Waals surface area contributed by atoms with Gasteiger partial charge in [0.25, 0.3) is 0 Å². The first kappa shape index (κ1) is 20.4. The molecular weight excluding hydrogens is 344 g/mol. The van der Waals surface area contributed by atoms with Crippen LogP contribution in [0.3, 0.4) is 0 Å². The molecule has 0 radical (unpaired) electrons. The molecule has 0 saturated heterocycles. The predicted octanol–water partition coefficient (Wildman–Crippen LogP) is 4.01. The second-order valence-corrected chi connectivity index (χ2v) is 6.51. The van der Waals surface area contributed by atoms with E-state index in [4.69, 9.17) is 9.47 Å². The van der Waals surface area contributed by atoms with E-state index in [1.165, 1.54) is 6.92 Å². The van der Waals surface area contributed by atoms with E-state index in [1.54, 1.807) is 24.3 Å². The van der Waals surface area contributed by atoms with E-state index in [0.717, 1.165) is 16.7 Å². The van der Waals surface area contributed by atoms with Crippen molar-refractivity contribution in [3.8, 4) is 5.75 Å². The zero-order valence-corrected chi connectivity index (χ0v) is 16.1. The fourth-order valence-electron chi connectivity index (χ4n) is 2.59. The van der Waals surface area contributed by atoms with E-state index >= 15 is 0 Å². The topological polar surface area (TPSA) is 69.7 Å². The zero-order chi connectivity index (χ0) is 20.0. The first-order chi connectivity index (χ1) is 12.8. The summed E-state index contributed by atoms with van der Waals surface area (Å²) in [5.74, 6) is -0.168. The molecule has 0 atom stereocenters. The molecule has 5 heteroatoms. The van der Waals surface area contributed by atoms with Gasteiger partial charge in [0.2, 0.25) is 5.78 Å². The number of aryl methyl sites for hydroxylation is 3. The van der Waals surface area contributed by atoms with Crippen LogP contribution in [-0.4, -0.2) is 30.7 Å². The van der Waals surface area contributed by atoms with Crippen molar-refractivity contribution in [2.45, 2.75) is 34.1 Å². The lowest BCUT2D eigenvalue weighted by molar-refractivity contribution is -0.143. The fourth-order valence-corrected chi connectivity index (χ4v) is 2.59. The van der Waals surface area contributed by atoms with Crippen LogP contribution in [0.1, 0.15) is 50.8 Å². The van der Waals surface area contributed by atoms with Crippen LogP contribution in [0, 0.1) is 20.8 Å². The van der Waals surface area contributed by atoms with Gasteiger partial charge in [0.15, 0.2) is 12.4 Å². The molecule has 0 amide bonds. The lowest BCUT2D eigenvalue weighted by Gasteiger charge is -2.10. The third-order valence-electron chi connectivity index (χ3n) is 4.34. The Kier molecular flexibility index (Phi) is 6.88. The van der Waals surface area contributed by atoms with Gasteiger partial charge in [-0.05, 0) is 74.7 Å². The lowest BCUT2D eigenvalue weighted by Crippen LogP contribution is -2.17. The highest BCUT2D eigenvalue weighted by atomic mass is 16.5. The van der Waals surface area contributed by atoms with Gasteiger partial charge in [-0.3, -0.25) is 14.4 Å². The number of hydrogen-bond donors (Lipinski definition) is 0. The Morgan fingerprint density at radius 3 is 2.15 bits per heavy atom. The van der Waals surface area contributed by atoms with Gasteiger partial charge in [0.05, 0.1) is 13.0 Å². The third kappa shape index (κ3) is 5.78. The van der Waals surface area contributed by atoms with Gasteiger partial charge in [0.1, 0.15) is 5.75 Å². The number of hydrogen-bond acceptors (Lipinski definition) is 5. The largest absolute Gasteiger partial charge is 0.493 e. The molecule has 0 aliphatic rings. The Balaban J connectivity index is 1.78. The Bertz CT molecular complexity index is 850. The molecule has 142 valence electrons. The summed E-state index contributed by atoms with van der Waals surface area (Å²) in [6.45, 7) is 7.14. The van der Waals surface area contributed by atoms with E-state index in [-0.39, 0.29) is 31.2 Å². The summed E-state index contributed by atoms with van der Waals surface area (Å²) in [5, 5.41) is 0. The Labute approximate surface area is 159 Å².